The molecular formula is C37H35ClF3N9O5. The SMILES string of the molecule is CCc1c(N2CC[C@H]3[C@@H]2CCCN3C(=O)c2ncnc(C)c2O)c(=O)n2nc(-c3ccc4c(c3)COC4)nc2n1CC(=O)Nc1ccc(C(F)(F)F)cc1Cl. The number of hydrogen-bond acceptors (Lipinski definition) is 10. The average molecular weight is 778 g/mol. The molecule has 3 aromatic heterocycles. The van der Waals surface area contributed by atoms with Crippen LogP contribution in [0.5, 0.6) is 5.75 Å². The van der Waals surface area contributed by atoms with E-state index in [1.54, 1.807) is 16.4 Å². The van der Waals surface area contributed by atoms with Gasteiger partial charge in [0.2, 0.25) is 11.7 Å². The first kappa shape index (κ1) is 36.4. The number of fused-ring (bicyclic) bond motifs is 3. The maximum atomic E-state index is 14.7. The van der Waals surface area contributed by atoms with Gasteiger partial charge in [-0.15, -0.1) is 5.10 Å². The zero-order valence-electron chi connectivity index (χ0n) is 29.7. The number of aromatic nitrogens is 6. The van der Waals surface area contributed by atoms with Gasteiger partial charge in [0.25, 0.3) is 11.5 Å². The number of carbonyl (C=O) groups is 2. The van der Waals surface area contributed by atoms with Crippen molar-refractivity contribution < 1.29 is 32.6 Å². The fourth-order valence-corrected chi connectivity index (χ4v) is 8.16. The highest BCUT2D eigenvalue weighted by molar-refractivity contribution is 6.33. The van der Waals surface area contributed by atoms with Gasteiger partial charge in [0.05, 0.1) is 46.9 Å². The Bertz CT molecular complexity index is 2430. The van der Waals surface area contributed by atoms with Crippen LogP contribution < -0.4 is 15.8 Å². The van der Waals surface area contributed by atoms with Crippen molar-refractivity contribution in [3.63, 3.8) is 0 Å². The molecule has 3 aliphatic heterocycles. The van der Waals surface area contributed by atoms with Gasteiger partial charge >= 0.3 is 6.18 Å². The predicted octanol–water partition coefficient (Wildman–Crippen LogP) is 5.15. The lowest BCUT2D eigenvalue weighted by atomic mass is 9.96. The van der Waals surface area contributed by atoms with E-state index in [0.717, 1.165) is 29.3 Å². The van der Waals surface area contributed by atoms with E-state index in [1.807, 2.05) is 30.0 Å². The van der Waals surface area contributed by atoms with E-state index in [0.29, 0.717) is 68.9 Å². The highest BCUT2D eigenvalue weighted by atomic mass is 35.5. The van der Waals surface area contributed by atoms with E-state index >= 15 is 0 Å². The molecule has 8 rings (SSSR count). The number of nitrogens with zero attached hydrogens (tertiary/aromatic N) is 8. The Kier molecular flexibility index (Phi) is 9.23. The Morgan fingerprint density at radius 1 is 1.05 bits per heavy atom. The van der Waals surface area contributed by atoms with Gasteiger partial charge in [0, 0.05) is 24.7 Å². The fraction of sp³-hybridized carbons (Fsp3) is 0.378. The molecule has 18 heteroatoms. The van der Waals surface area contributed by atoms with Crippen molar-refractivity contribution >= 4 is 40.6 Å². The van der Waals surface area contributed by atoms with E-state index < -0.39 is 29.1 Å². The monoisotopic (exact) mass is 777 g/mol. The van der Waals surface area contributed by atoms with Crippen molar-refractivity contribution in [1.82, 2.24) is 34.0 Å². The Morgan fingerprint density at radius 3 is 2.62 bits per heavy atom. The van der Waals surface area contributed by atoms with Crippen molar-refractivity contribution in [3.8, 4) is 17.1 Å². The molecule has 2 amide bonds. The fourth-order valence-electron chi connectivity index (χ4n) is 7.93. The molecule has 2 atom stereocenters. The van der Waals surface area contributed by atoms with Crippen molar-refractivity contribution in [2.75, 3.05) is 23.3 Å². The summed E-state index contributed by atoms with van der Waals surface area (Å²) in [6.45, 7) is 4.80. The lowest BCUT2D eigenvalue weighted by molar-refractivity contribution is -0.137. The van der Waals surface area contributed by atoms with E-state index in [-0.39, 0.29) is 58.1 Å². The van der Waals surface area contributed by atoms with Crippen LogP contribution in [0, 0.1) is 6.92 Å². The highest BCUT2D eigenvalue weighted by Crippen LogP contribution is 2.37. The summed E-state index contributed by atoms with van der Waals surface area (Å²) in [6.07, 6.45) is -1.28. The first-order valence-electron chi connectivity index (χ1n) is 17.8. The number of ether oxygens (including phenoxy) is 1. The molecule has 0 radical (unpaired) electrons. The second kappa shape index (κ2) is 13.9. The number of halogens is 4. The van der Waals surface area contributed by atoms with E-state index in [4.69, 9.17) is 21.3 Å². The lowest BCUT2D eigenvalue weighted by Crippen LogP contribution is -2.53. The molecule has 6 heterocycles. The first-order valence-corrected chi connectivity index (χ1v) is 18.2. The van der Waals surface area contributed by atoms with Crippen molar-refractivity contribution in [2.24, 2.45) is 0 Å². The smallest absolute Gasteiger partial charge is 0.416 e. The normalized spacial score (nSPS) is 18.1. The van der Waals surface area contributed by atoms with Gasteiger partial charge in [-0.2, -0.15) is 22.7 Å². The minimum atomic E-state index is -4.62. The van der Waals surface area contributed by atoms with Crippen molar-refractivity contribution in [1.29, 1.82) is 0 Å². The number of piperidine rings is 1. The van der Waals surface area contributed by atoms with E-state index in [2.05, 4.69) is 20.4 Å². The summed E-state index contributed by atoms with van der Waals surface area (Å²) in [7, 11) is 0. The number of rotatable bonds is 7. The van der Waals surface area contributed by atoms with Gasteiger partial charge in [-0.25, -0.2) is 9.97 Å². The van der Waals surface area contributed by atoms with E-state index in [1.165, 1.54) is 10.8 Å². The van der Waals surface area contributed by atoms with Crippen molar-refractivity contribution in [2.45, 2.75) is 77.5 Å². The summed E-state index contributed by atoms with van der Waals surface area (Å²) in [5.41, 5.74) is 2.21. The maximum absolute atomic E-state index is 14.7. The van der Waals surface area contributed by atoms with Gasteiger partial charge in [0.15, 0.2) is 17.3 Å². The number of likely N-dealkylation sites (tertiary alicyclic amines) is 1. The third-order valence-electron chi connectivity index (χ3n) is 10.6. The van der Waals surface area contributed by atoms with Crippen LogP contribution in [0.2, 0.25) is 5.02 Å². The number of nitrogens with one attached hydrogen (secondary N) is 1. The number of carbonyl (C=O) groups excluding carboxylic acids is 2. The molecule has 2 aromatic carbocycles. The summed E-state index contributed by atoms with van der Waals surface area (Å²) in [4.78, 5) is 58.7. The lowest BCUT2D eigenvalue weighted by Gasteiger charge is -2.40. The quantitative estimate of drug-likeness (QED) is 0.226. The highest BCUT2D eigenvalue weighted by Gasteiger charge is 2.45. The van der Waals surface area contributed by atoms with Gasteiger partial charge in [-0.05, 0) is 68.0 Å². The summed E-state index contributed by atoms with van der Waals surface area (Å²) >= 11 is 6.18. The van der Waals surface area contributed by atoms with Gasteiger partial charge in [0.1, 0.15) is 18.6 Å². The Hall–Kier alpha value is -5.55. The molecule has 0 aliphatic carbocycles. The van der Waals surface area contributed by atoms with Crippen LogP contribution in [-0.4, -0.2) is 76.1 Å². The zero-order chi connectivity index (χ0) is 38.8. The first-order chi connectivity index (χ1) is 26.3. The number of benzene rings is 2. The number of aryl methyl sites for hydroxylation is 1. The molecule has 286 valence electrons. The predicted molar refractivity (Wildman–Crippen MR) is 194 cm³/mol. The topological polar surface area (TPSA) is 160 Å². The molecule has 2 N–H and O–H groups in total. The molecule has 0 bridgehead atoms. The van der Waals surface area contributed by atoms with Gasteiger partial charge < -0.3 is 29.5 Å². The average Bonchev–Trinajstić information content (AvgIpc) is 3.92. The standard InChI is InChI=1S/C37H35ClF3N9O5/c1-3-26-31(47-12-10-28-27(47)5-4-11-48(28)34(53)30-32(52)19(2)42-18-43-30)35(54)50-36(45-33(46-50)20-6-7-21-16-55-17-22(21)13-20)49(26)15-29(51)44-25-9-8-23(14-24(25)38)37(39,40)41/h6-9,13-14,18,27-28,52H,3-5,10-12,15-17H2,1-2H3,(H,44,51)/t27-,28-/m0/s1. The van der Waals surface area contributed by atoms with Crippen LogP contribution in [0.4, 0.5) is 24.5 Å². The number of anilines is 2. The van der Waals surface area contributed by atoms with Crippen LogP contribution in [0.15, 0.2) is 47.5 Å². The van der Waals surface area contributed by atoms with Crippen LogP contribution in [0.25, 0.3) is 17.2 Å². The molecule has 5 aromatic rings. The Labute approximate surface area is 316 Å². The second-order valence-corrected chi connectivity index (χ2v) is 14.2. The van der Waals surface area contributed by atoms with Crippen LogP contribution in [-0.2, 0) is 41.9 Å². The molecular weight excluding hydrogens is 743 g/mol. The minimum absolute atomic E-state index is 0.0169. The van der Waals surface area contributed by atoms with E-state index in [9.17, 15) is 32.7 Å². The summed E-state index contributed by atoms with van der Waals surface area (Å²) in [5.74, 6) is -0.987. The molecule has 14 nitrogen and oxygen atoms in total. The van der Waals surface area contributed by atoms with Gasteiger partial charge in [-0.3, -0.25) is 14.4 Å². The largest absolute Gasteiger partial charge is 0.504 e. The molecule has 55 heavy (non-hydrogen) atoms. The third-order valence-corrected chi connectivity index (χ3v) is 10.9. The van der Waals surface area contributed by atoms with Crippen LogP contribution in [0.3, 0.4) is 0 Å². The molecule has 0 unspecified atom stereocenters. The van der Waals surface area contributed by atoms with Crippen LogP contribution >= 0.6 is 11.6 Å². The van der Waals surface area contributed by atoms with Crippen LogP contribution in [0.1, 0.15) is 64.8 Å². The number of alkyl halides is 3. The Morgan fingerprint density at radius 2 is 1.85 bits per heavy atom. The molecule has 0 saturated carbocycles. The molecule has 3 aliphatic rings. The maximum Gasteiger partial charge on any atom is 0.416 e. The third kappa shape index (κ3) is 6.44. The number of amides is 2. The molecule has 2 fully saturated rings. The molecule has 2 saturated heterocycles. The number of aromatic hydroxyl groups is 1. The summed E-state index contributed by atoms with van der Waals surface area (Å²) < 4.78 is 48.3. The minimum Gasteiger partial charge on any atom is -0.504 e. The van der Waals surface area contributed by atoms with Crippen molar-refractivity contribution in [3.05, 3.63) is 91.9 Å². The van der Waals surface area contributed by atoms with Gasteiger partial charge in [-0.1, -0.05) is 30.7 Å². The molecule has 0 spiro atoms. The summed E-state index contributed by atoms with van der Waals surface area (Å²) in [5, 5.41) is 17.6. The zero-order valence-corrected chi connectivity index (χ0v) is 30.5. The number of hydrogen-bond donors (Lipinski definition) is 2. The Balaban J connectivity index is 1.20. The summed E-state index contributed by atoms with van der Waals surface area (Å²) in [6, 6.07) is 7.73. The second-order valence-electron chi connectivity index (χ2n) is 13.8.